The first-order valence-electron chi connectivity index (χ1n) is 7.89. The molecule has 0 amide bonds. The molecule has 1 aliphatic heterocycles. The van der Waals surface area contributed by atoms with Crippen LogP contribution in [0.15, 0.2) is 17.7 Å². The Bertz CT molecular complexity index is 701. The van der Waals surface area contributed by atoms with Gasteiger partial charge < -0.3 is 18.9 Å². The molecule has 0 N–H and O–H groups in total. The van der Waals surface area contributed by atoms with Gasteiger partial charge in [-0.25, -0.2) is 9.59 Å². The molecule has 1 unspecified atom stereocenters. The lowest BCUT2D eigenvalue weighted by Crippen LogP contribution is -2.41. The van der Waals surface area contributed by atoms with Gasteiger partial charge in [0.25, 0.3) is 5.79 Å². The molecule has 1 heterocycles. The normalized spacial score (nSPS) is 17.4. The lowest BCUT2D eigenvalue weighted by molar-refractivity contribution is -0.222. The van der Waals surface area contributed by atoms with E-state index in [4.69, 9.17) is 30.5 Å². The van der Waals surface area contributed by atoms with Crippen LogP contribution in [0.3, 0.4) is 0 Å². The summed E-state index contributed by atoms with van der Waals surface area (Å²) in [7, 11) is 1.48. The zero-order valence-electron chi connectivity index (χ0n) is 14.8. The highest BCUT2D eigenvalue weighted by Gasteiger charge is 2.38. The Morgan fingerprint density at radius 2 is 1.84 bits per heavy atom. The van der Waals surface area contributed by atoms with Gasteiger partial charge in [-0.1, -0.05) is 18.5 Å². The van der Waals surface area contributed by atoms with Gasteiger partial charge in [-0.15, -0.1) is 0 Å². The van der Waals surface area contributed by atoms with Crippen molar-refractivity contribution < 1.29 is 28.5 Å². The summed E-state index contributed by atoms with van der Waals surface area (Å²) in [4.78, 5) is 24.1. The number of carbonyl (C=O) groups excluding carboxylic acids is 2. The van der Waals surface area contributed by atoms with Crippen molar-refractivity contribution in [3.8, 4) is 11.5 Å². The van der Waals surface area contributed by atoms with Crippen molar-refractivity contribution in [1.82, 2.24) is 0 Å². The van der Waals surface area contributed by atoms with E-state index in [1.165, 1.54) is 27.0 Å². The van der Waals surface area contributed by atoms with Crippen molar-refractivity contribution in [3.05, 3.63) is 28.3 Å². The highest BCUT2D eigenvalue weighted by molar-refractivity contribution is 6.32. The Balaban J connectivity index is 2.39. The van der Waals surface area contributed by atoms with Gasteiger partial charge in [0.1, 0.15) is 5.57 Å². The number of esters is 2. The van der Waals surface area contributed by atoms with Gasteiger partial charge in [0.15, 0.2) is 11.5 Å². The standard InChI is InChI=1S/C18H21ClO6/c1-6-10(2)23-15-13(19)8-11(9-14(15)22-5)7-12-16(20)24-18(3,4)25-17(12)21/h7-10H,6H2,1-5H3. The van der Waals surface area contributed by atoms with E-state index in [1.807, 2.05) is 13.8 Å². The van der Waals surface area contributed by atoms with Crippen LogP contribution in [-0.4, -0.2) is 30.9 Å². The summed E-state index contributed by atoms with van der Waals surface area (Å²) in [6, 6.07) is 3.20. The average Bonchev–Trinajstić information content (AvgIpc) is 2.51. The van der Waals surface area contributed by atoms with E-state index in [9.17, 15) is 9.59 Å². The molecule has 7 heteroatoms. The first-order valence-corrected chi connectivity index (χ1v) is 8.27. The highest BCUT2D eigenvalue weighted by atomic mass is 35.5. The Labute approximate surface area is 151 Å². The number of cyclic esters (lactones) is 2. The highest BCUT2D eigenvalue weighted by Crippen LogP contribution is 2.38. The summed E-state index contributed by atoms with van der Waals surface area (Å²) in [5, 5.41) is 0.310. The van der Waals surface area contributed by atoms with E-state index in [1.54, 1.807) is 12.1 Å². The minimum absolute atomic E-state index is 0.0406. The maximum absolute atomic E-state index is 12.0. The van der Waals surface area contributed by atoms with E-state index >= 15 is 0 Å². The van der Waals surface area contributed by atoms with Gasteiger partial charge in [0.05, 0.1) is 18.2 Å². The molecule has 1 atom stereocenters. The van der Waals surface area contributed by atoms with Crippen LogP contribution in [0.25, 0.3) is 6.08 Å². The number of hydrogen-bond donors (Lipinski definition) is 0. The number of rotatable bonds is 5. The molecule has 2 rings (SSSR count). The van der Waals surface area contributed by atoms with Gasteiger partial charge in [-0.3, -0.25) is 0 Å². The largest absolute Gasteiger partial charge is 0.493 e. The van der Waals surface area contributed by atoms with Crippen LogP contribution < -0.4 is 9.47 Å². The van der Waals surface area contributed by atoms with Crippen LogP contribution >= 0.6 is 11.6 Å². The van der Waals surface area contributed by atoms with Crippen molar-refractivity contribution in [2.75, 3.05) is 7.11 Å². The predicted molar refractivity (Wildman–Crippen MR) is 92.6 cm³/mol. The lowest BCUT2D eigenvalue weighted by atomic mass is 10.1. The summed E-state index contributed by atoms with van der Waals surface area (Å²) < 4.78 is 21.2. The topological polar surface area (TPSA) is 71.1 Å². The van der Waals surface area contributed by atoms with Crippen molar-refractivity contribution >= 4 is 29.6 Å². The number of methoxy groups -OCH3 is 1. The third-order valence-corrected chi connectivity index (χ3v) is 3.85. The molecule has 136 valence electrons. The quantitative estimate of drug-likeness (QED) is 0.448. The fourth-order valence-electron chi connectivity index (χ4n) is 2.17. The Morgan fingerprint density at radius 3 is 2.36 bits per heavy atom. The zero-order chi connectivity index (χ0) is 18.8. The molecular weight excluding hydrogens is 348 g/mol. The number of hydrogen-bond acceptors (Lipinski definition) is 6. The fourth-order valence-corrected chi connectivity index (χ4v) is 2.43. The van der Waals surface area contributed by atoms with Gasteiger partial charge in [-0.2, -0.15) is 0 Å². The summed E-state index contributed by atoms with van der Waals surface area (Å²) in [6.07, 6.45) is 2.11. The summed E-state index contributed by atoms with van der Waals surface area (Å²) >= 11 is 6.28. The van der Waals surface area contributed by atoms with Crippen molar-refractivity contribution in [3.63, 3.8) is 0 Å². The molecule has 0 bridgehead atoms. The molecule has 0 radical (unpaired) electrons. The maximum Gasteiger partial charge on any atom is 0.348 e. The Kier molecular flexibility index (Phi) is 5.62. The number of carbonyl (C=O) groups is 2. The van der Waals surface area contributed by atoms with Crippen molar-refractivity contribution in [1.29, 1.82) is 0 Å². The molecule has 1 aliphatic rings. The second-order valence-electron chi connectivity index (χ2n) is 6.11. The molecule has 0 spiro atoms. The number of halogens is 1. The predicted octanol–water partition coefficient (Wildman–Crippen LogP) is 3.75. The van der Waals surface area contributed by atoms with Crippen LogP contribution in [0.1, 0.15) is 39.7 Å². The minimum Gasteiger partial charge on any atom is -0.493 e. The molecule has 1 fully saturated rings. The molecule has 25 heavy (non-hydrogen) atoms. The zero-order valence-corrected chi connectivity index (χ0v) is 15.6. The second-order valence-corrected chi connectivity index (χ2v) is 6.51. The van der Waals surface area contributed by atoms with Crippen LogP contribution in [0.5, 0.6) is 11.5 Å². The minimum atomic E-state index is -1.28. The SMILES string of the molecule is CCC(C)Oc1c(Cl)cc(C=C2C(=O)OC(C)(C)OC2=O)cc1OC. The van der Waals surface area contributed by atoms with E-state index < -0.39 is 17.7 Å². The monoisotopic (exact) mass is 368 g/mol. The van der Waals surface area contributed by atoms with Gasteiger partial charge in [0.2, 0.25) is 0 Å². The van der Waals surface area contributed by atoms with Crippen LogP contribution in [0.2, 0.25) is 5.02 Å². The van der Waals surface area contributed by atoms with Crippen LogP contribution in [0, 0.1) is 0 Å². The molecule has 1 aromatic carbocycles. The van der Waals surface area contributed by atoms with E-state index in [0.717, 1.165) is 6.42 Å². The molecule has 0 aromatic heterocycles. The van der Waals surface area contributed by atoms with Crippen LogP contribution in [-0.2, 0) is 19.1 Å². The van der Waals surface area contributed by atoms with E-state index in [2.05, 4.69) is 0 Å². The molecule has 0 saturated carbocycles. The third kappa shape index (κ3) is 4.45. The molecule has 6 nitrogen and oxygen atoms in total. The number of benzene rings is 1. The smallest absolute Gasteiger partial charge is 0.348 e. The lowest BCUT2D eigenvalue weighted by Gasteiger charge is -2.29. The first-order chi connectivity index (χ1) is 11.7. The van der Waals surface area contributed by atoms with E-state index in [-0.39, 0.29) is 11.7 Å². The van der Waals surface area contributed by atoms with E-state index in [0.29, 0.717) is 22.1 Å². The second kappa shape index (κ2) is 7.35. The van der Waals surface area contributed by atoms with Crippen molar-refractivity contribution in [2.24, 2.45) is 0 Å². The number of ether oxygens (including phenoxy) is 4. The molecule has 1 saturated heterocycles. The van der Waals surface area contributed by atoms with Gasteiger partial charge in [-0.05, 0) is 37.1 Å². The summed E-state index contributed by atoms with van der Waals surface area (Å²) in [6.45, 7) is 6.88. The Hall–Kier alpha value is -2.21. The van der Waals surface area contributed by atoms with Gasteiger partial charge in [0, 0.05) is 13.8 Å². The molecule has 1 aromatic rings. The summed E-state index contributed by atoms with van der Waals surface area (Å²) in [5.41, 5.74) is 0.273. The van der Waals surface area contributed by atoms with Crippen molar-refractivity contribution in [2.45, 2.75) is 46.0 Å². The fraction of sp³-hybridized carbons (Fsp3) is 0.444. The Morgan fingerprint density at radius 1 is 1.24 bits per heavy atom. The average molecular weight is 369 g/mol. The molecular formula is C18H21ClO6. The van der Waals surface area contributed by atoms with Gasteiger partial charge >= 0.3 is 11.9 Å². The summed E-state index contributed by atoms with van der Waals surface area (Å²) in [5.74, 6) is -1.98. The third-order valence-electron chi connectivity index (χ3n) is 3.57. The molecule has 0 aliphatic carbocycles. The maximum atomic E-state index is 12.0. The first kappa shape index (κ1) is 19.1. The van der Waals surface area contributed by atoms with Crippen LogP contribution in [0.4, 0.5) is 0 Å².